The number of aromatic nitrogens is 3. The lowest BCUT2D eigenvalue weighted by Gasteiger charge is -2.06. The van der Waals surface area contributed by atoms with Crippen LogP contribution in [-0.4, -0.2) is 20.8 Å². The van der Waals surface area contributed by atoms with Crippen molar-refractivity contribution < 1.29 is 4.42 Å². The third-order valence-corrected chi connectivity index (χ3v) is 3.94. The minimum absolute atomic E-state index is 0.607. The predicted octanol–water partition coefficient (Wildman–Crippen LogP) is 2.63. The predicted molar refractivity (Wildman–Crippen MR) is 79.9 cm³/mol. The van der Waals surface area contributed by atoms with Crippen LogP contribution in [0.25, 0.3) is 10.9 Å². The van der Waals surface area contributed by atoms with Gasteiger partial charge >= 0.3 is 0 Å². The van der Waals surface area contributed by atoms with Crippen LogP contribution < -0.4 is 5.32 Å². The molecule has 0 saturated heterocycles. The number of nitrogens with one attached hydrogen (secondary N) is 1. The summed E-state index contributed by atoms with van der Waals surface area (Å²) in [5.41, 5.74) is 2.56. The lowest BCUT2D eigenvalue weighted by Crippen LogP contribution is -2.15. The lowest BCUT2D eigenvalue weighted by molar-refractivity contribution is 0.457. The third kappa shape index (κ3) is 2.56. The molecule has 1 aliphatic carbocycles. The maximum atomic E-state index is 5.47. The summed E-state index contributed by atoms with van der Waals surface area (Å²) >= 11 is 0. The normalized spacial score (nSPS) is 14.9. The summed E-state index contributed by atoms with van der Waals surface area (Å²) in [4.78, 5) is 0. The number of hydrogen-bond donors (Lipinski definition) is 1. The summed E-state index contributed by atoms with van der Waals surface area (Å²) in [5, 5.41) is 12.8. The maximum Gasteiger partial charge on any atom is 0.236 e. The Labute approximate surface area is 123 Å². The van der Waals surface area contributed by atoms with Crippen molar-refractivity contribution in [1.82, 2.24) is 20.1 Å². The fraction of sp³-hybridized carbons (Fsp3) is 0.375. The van der Waals surface area contributed by atoms with Gasteiger partial charge in [0.2, 0.25) is 11.8 Å². The Hall–Kier alpha value is -2.14. The van der Waals surface area contributed by atoms with Gasteiger partial charge in [-0.25, -0.2) is 0 Å². The van der Waals surface area contributed by atoms with Crippen LogP contribution in [0.1, 0.15) is 30.2 Å². The van der Waals surface area contributed by atoms with E-state index in [-0.39, 0.29) is 0 Å². The quantitative estimate of drug-likeness (QED) is 0.781. The second-order valence-corrected chi connectivity index (χ2v) is 5.66. The summed E-state index contributed by atoms with van der Waals surface area (Å²) in [7, 11) is 0. The van der Waals surface area contributed by atoms with E-state index in [9.17, 15) is 0 Å². The summed E-state index contributed by atoms with van der Waals surface area (Å²) < 4.78 is 7.62. The summed E-state index contributed by atoms with van der Waals surface area (Å²) in [6.07, 6.45) is 4.71. The number of rotatable bonds is 5. The van der Waals surface area contributed by atoms with Crippen molar-refractivity contribution in [3.8, 4) is 0 Å². The van der Waals surface area contributed by atoms with Gasteiger partial charge in [0.25, 0.3) is 0 Å². The van der Waals surface area contributed by atoms with E-state index in [0.29, 0.717) is 18.3 Å². The van der Waals surface area contributed by atoms with Gasteiger partial charge in [0.05, 0.1) is 0 Å². The SMILES string of the molecule is Cc1nnc(Cn2ccc3c(CNC4CC4)cccc32)o1. The molecule has 1 fully saturated rings. The molecule has 108 valence electrons. The molecule has 5 nitrogen and oxygen atoms in total. The Morgan fingerprint density at radius 1 is 1.29 bits per heavy atom. The average Bonchev–Trinajstić information content (AvgIpc) is 3.10. The molecular formula is C16H18N4O. The van der Waals surface area contributed by atoms with E-state index < -0.39 is 0 Å². The Balaban J connectivity index is 1.62. The minimum atomic E-state index is 0.607. The van der Waals surface area contributed by atoms with Gasteiger partial charge in [-0.3, -0.25) is 0 Å². The molecule has 0 atom stereocenters. The Morgan fingerprint density at radius 2 is 2.19 bits per heavy atom. The first-order chi connectivity index (χ1) is 10.3. The first kappa shape index (κ1) is 12.6. The molecule has 2 aromatic heterocycles. The van der Waals surface area contributed by atoms with E-state index in [1.165, 1.54) is 29.3 Å². The van der Waals surface area contributed by atoms with Crippen LogP contribution in [0, 0.1) is 6.92 Å². The summed E-state index contributed by atoms with van der Waals surface area (Å²) in [6.45, 7) is 3.36. The molecule has 5 heteroatoms. The van der Waals surface area contributed by atoms with Crippen molar-refractivity contribution in [2.45, 2.75) is 38.9 Å². The van der Waals surface area contributed by atoms with Gasteiger partial charge in [0.1, 0.15) is 6.54 Å². The number of aryl methyl sites for hydroxylation is 1. The zero-order chi connectivity index (χ0) is 14.2. The van der Waals surface area contributed by atoms with Gasteiger partial charge in [-0.1, -0.05) is 12.1 Å². The fourth-order valence-corrected chi connectivity index (χ4v) is 2.67. The highest BCUT2D eigenvalue weighted by Gasteiger charge is 2.20. The number of benzene rings is 1. The van der Waals surface area contributed by atoms with Crippen molar-refractivity contribution in [3.05, 3.63) is 47.8 Å². The molecule has 1 aliphatic rings. The largest absolute Gasteiger partial charge is 0.424 e. The first-order valence-electron chi connectivity index (χ1n) is 7.39. The van der Waals surface area contributed by atoms with Gasteiger partial charge in [-0.15, -0.1) is 10.2 Å². The monoisotopic (exact) mass is 282 g/mol. The number of nitrogens with zero attached hydrogens (tertiary/aromatic N) is 3. The Bertz CT molecular complexity index is 770. The number of hydrogen-bond acceptors (Lipinski definition) is 4. The lowest BCUT2D eigenvalue weighted by atomic mass is 10.1. The van der Waals surface area contributed by atoms with Crippen molar-refractivity contribution in [2.24, 2.45) is 0 Å². The van der Waals surface area contributed by atoms with Gasteiger partial charge in [0.15, 0.2) is 0 Å². The van der Waals surface area contributed by atoms with E-state index in [0.717, 1.165) is 12.6 Å². The molecule has 0 aliphatic heterocycles. The second-order valence-electron chi connectivity index (χ2n) is 5.66. The highest BCUT2D eigenvalue weighted by atomic mass is 16.4. The van der Waals surface area contributed by atoms with Crippen molar-refractivity contribution in [3.63, 3.8) is 0 Å². The molecule has 1 N–H and O–H groups in total. The fourth-order valence-electron chi connectivity index (χ4n) is 2.67. The van der Waals surface area contributed by atoms with Gasteiger partial charge in [-0.2, -0.15) is 0 Å². The van der Waals surface area contributed by atoms with E-state index in [4.69, 9.17) is 4.42 Å². The van der Waals surface area contributed by atoms with E-state index in [1.54, 1.807) is 0 Å². The smallest absolute Gasteiger partial charge is 0.236 e. The molecule has 0 radical (unpaired) electrons. The standard InChI is InChI=1S/C16H18N4O/c1-11-18-19-16(21-11)10-20-8-7-14-12(3-2-4-15(14)20)9-17-13-5-6-13/h2-4,7-8,13,17H,5-6,9-10H2,1H3. The molecule has 3 aromatic rings. The molecular weight excluding hydrogens is 264 g/mol. The first-order valence-corrected chi connectivity index (χ1v) is 7.39. The molecule has 4 rings (SSSR count). The second kappa shape index (κ2) is 5.00. The zero-order valence-electron chi connectivity index (χ0n) is 12.0. The Morgan fingerprint density at radius 3 is 2.95 bits per heavy atom. The molecule has 0 amide bonds. The summed E-state index contributed by atoms with van der Waals surface area (Å²) in [5.74, 6) is 1.25. The van der Waals surface area contributed by atoms with Gasteiger partial charge in [-0.05, 0) is 30.5 Å². The van der Waals surface area contributed by atoms with Crippen LogP contribution in [0.3, 0.4) is 0 Å². The van der Waals surface area contributed by atoms with E-state index in [2.05, 4.69) is 50.5 Å². The molecule has 0 unspecified atom stereocenters. The number of fused-ring (bicyclic) bond motifs is 1. The molecule has 0 spiro atoms. The van der Waals surface area contributed by atoms with E-state index in [1.807, 2.05) is 6.92 Å². The van der Waals surface area contributed by atoms with Crippen molar-refractivity contribution in [2.75, 3.05) is 0 Å². The minimum Gasteiger partial charge on any atom is -0.424 e. The van der Waals surface area contributed by atoms with Crippen LogP contribution in [-0.2, 0) is 13.1 Å². The van der Waals surface area contributed by atoms with Gasteiger partial charge in [0, 0.05) is 36.6 Å². The summed E-state index contributed by atoms with van der Waals surface area (Å²) in [6, 6.07) is 9.34. The molecule has 2 heterocycles. The average molecular weight is 282 g/mol. The van der Waals surface area contributed by atoms with Crippen LogP contribution in [0.5, 0.6) is 0 Å². The van der Waals surface area contributed by atoms with Gasteiger partial charge < -0.3 is 14.3 Å². The Kier molecular flexibility index (Phi) is 3.00. The van der Waals surface area contributed by atoms with Crippen LogP contribution >= 0.6 is 0 Å². The highest BCUT2D eigenvalue weighted by Crippen LogP contribution is 2.23. The van der Waals surface area contributed by atoms with Crippen LogP contribution in [0.4, 0.5) is 0 Å². The molecule has 0 bridgehead atoms. The highest BCUT2D eigenvalue weighted by molar-refractivity contribution is 5.83. The topological polar surface area (TPSA) is 55.9 Å². The molecule has 1 saturated carbocycles. The zero-order valence-corrected chi connectivity index (χ0v) is 12.0. The van der Waals surface area contributed by atoms with Crippen molar-refractivity contribution in [1.29, 1.82) is 0 Å². The third-order valence-electron chi connectivity index (χ3n) is 3.94. The maximum absolute atomic E-state index is 5.47. The van der Waals surface area contributed by atoms with E-state index >= 15 is 0 Å². The molecule has 21 heavy (non-hydrogen) atoms. The van der Waals surface area contributed by atoms with Crippen molar-refractivity contribution >= 4 is 10.9 Å². The van der Waals surface area contributed by atoms with Crippen LogP contribution in [0.15, 0.2) is 34.9 Å². The molecule has 1 aromatic carbocycles. The van der Waals surface area contributed by atoms with Crippen LogP contribution in [0.2, 0.25) is 0 Å².